The molecule has 0 unspecified atom stereocenters. The van der Waals surface area contributed by atoms with Crippen molar-refractivity contribution in [1.82, 2.24) is 9.97 Å². The summed E-state index contributed by atoms with van der Waals surface area (Å²) in [6.07, 6.45) is 1.50. The molecule has 5 nitrogen and oxygen atoms in total. The second-order valence-corrected chi connectivity index (χ2v) is 2.62. The van der Waals surface area contributed by atoms with Crippen LogP contribution in [0, 0.1) is 5.82 Å². The first kappa shape index (κ1) is 8.49. The van der Waals surface area contributed by atoms with Gasteiger partial charge in [0.25, 0.3) is 0 Å². The Morgan fingerprint density at radius 2 is 2.43 bits per heavy atom. The number of halogens is 1. The third-order valence-electron chi connectivity index (χ3n) is 1.67. The lowest BCUT2D eigenvalue weighted by atomic mass is 10.3. The number of carbonyl (C=O) groups excluding carboxylic acids is 1. The first-order valence-electron chi connectivity index (χ1n) is 3.77. The molecule has 6 heteroatoms. The molecule has 0 aromatic carbocycles. The summed E-state index contributed by atoms with van der Waals surface area (Å²) in [6.45, 7) is 0. The zero-order valence-electron chi connectivity index (χ0n) is 6.95. The van der Waals surface area contributed by atoms with Gasteiger partial charge in [0.05, 0.1) is 11.6 Å². The van der Waals surface area contributed by atoms with Gasteiger partial charge in [-0.1, -0.05) is 0 Å². The number of pyridine rings is 1. The second-order valence-electron chi connectivity index (χ2n) is 2.62. The minimum atomic E-state index is -0.949. The molecule has 0 bridgehead atoms. The van der Waals surface area contributed by atoms with Crippen LogP contribution < -0.4 is 10.5 Å². The quantitative estimate of drug-likeness (QED) is 0.716. The van der Waals surface area contributed by atoms with E-state index in [1.54, 1.807) is 0 Å². The molecule has 3 N–H and O–H groups in total. The summed E-state index contributed by atoms with van der Waals surface area (Å²) in [4.78, 5) is 16.9. The van der Waals surface area contributed by atoms with Crippen LogP contribution in [0.4, 0.5) is 9.18 Å². The molecule has 0 aliphatic carbocycles. The van der Waals surface area contributed by atoms with Crippen molar-refractivity contribution in [2.45, 2.75) is 0 Å². The van der Waals surface area contributed by atoms with Crippen molar-refractivity contribution in [2.75, 3.05) is 0 Å². The summed E-state index contributed by atoms with van der Waals surface area (Å²) in [5.41, 5.74) is 5.26. The number of aromatic amines is 1. The fraction of sp³-hybridized carbons (Fsp3) is 0. The number of fused-ring (bicyclic) bond motifs is 1. The number of rotatable bonds is 1. The molecule has 72 valence electrons. The van der Waals surface area contributed by atoms with Gasteiger partial charge in [-0.15, -0.1) is 0 Å². The minimum Gasteiger partial charge on any atom is -0.408 e. The highest BCUT2D eigenvalue weighted by atomic mass is 19.1. The topological polar surface area (TPSA) is 81.0 Å². The molecule has 14 heavy (non-hydrogen) atoms. The predicted molar refractivity (Wildman–Crippen MR) is 46.3 cm³/mol. The number of H-pyrrole nitrogens is 1. The number of nitrogens with zero attached hydrogens (tertiary/aromatic N) is 1. The maximum Gasteiger partial charge on any atom is 0.410 e. The molecule has 2 aromatic rings. The molecule has 2 heterocycles. The molecule has 0 aliphatic heterocycles. The van der Waals surface area contributed by atoms with E-state index in [1.807, 2.05) is 0 Å². The summed E-state index contributed by atoms with van der Waals surface area (Å²) in [5, 5.41) is 0.379. The number of aromatic nitrogens is 2. The predicted octanol–water partition coefficient (Wildman–Crippen LogP) is 1.16. The molecule has 0 saturated carbocycles. The van der Waals surface area contributed by atoms with Crippen molar-refractivity contribution in [2.24, 2.45) is 5.73 Å². The normalized spacial score (nSPS) is 10.4. The number of primary amides is 1. The van der Waals surface area contributed by atoms with Gasteiger partial charge in [0.1, 0.15) is 11.5 Å². The van der Waals surface area contributed by atoms with Crippen molar-refractivity contribution in [3.8, 4) is 5.75 Å². The Bertz CT molecular complexity index is 494. The lowest BCUT2D eigenvalue weighted by molar-refractivity contribution is 0.211. The van der Waals surface area contributed by atoms with Crippen LogP contribution in [0.2, 0.25) is 0 Å². The first-order valence-corrected chi connectivity index (χ1v) is 3.77. The van der Waals surface area contributed by atoms with E-state index in [9.17, 15) is 9.18 Å². The van der Waals surface area contributed by atoms with Gasteiger partial charge in [-0.05, 0) is 6.07 Å². The Morgan fingerprint density at radius 3 is 3.14 bits per heavy atom. The van der Waals surface area contributed by atoms with Crippen LogP contribution in [0.25, 0.3) is 11.0 Å². The largest absolute Gasteiger partial charge is 0.410 e. The lowest BCUT2D eigenvalue weighted by Crippen LogP contribution is -2.15. The van der Waals surface area contributed by atoms with Crippen molar-refractivity contribution >= 4 is 17.1 Å². The highest BCUT2D eigenvalue weighted by Crippen LogP contribution is 2.24. The summed E-state index contributed by atoms with van der Waals surface area (Å²) in [5.74, 6) is -0.342. The Hall–Kier alpha value is -2.11. The van der Waals surface area contributed by atoms with Crippen LogP contribution in [0.1, 0.15) is 0 Å². The van der Waals surface area contributed by atoms with Gasteiger partial charge < -0.3 is 15.5 Å². The molecule has 0 atom stereocenters. The molecular weight excluding hydrogens is 189 g/mol. The zero-order chi connectivity index (χ0) is 10.1. The van der Waals surface area contributed by atoms with Crippen LogP contribution in [0.5, 0.6) is 5.75 Å². The smallest absolute Gasteiger partial charge is 0.408 e. The fourth-order valence-electron chi connectivity index (χ4n) is 1.15. The number of carbonyl (C=O) groups is 1. The molecule has 0 spiro atoms. The average Bonchev–Trinajstić information content (AvgIpc) is 2.47. The molecule has 2 rings (SSSR count). The number of hydrogen-bond acceptors (Lipinski definition) is 3. The van der Waals surface area contributed by atoms with Gasteiger partial charge in [0, 0.05) is 6.20 Å². The maximum absolute atomic E-state index is 12.8. The number of amides is 1. The number of ether oxygens (including phenoxy) is 1. The van der Waals surface area contributed by atoms with E-state index in [-0.39, 0.29) is 5.75 Å². The summed E-state index contributed by atoms with van der Waals surface area (Å²) in [6, 6.07) is 1.21. The van der Waals surface area contributed by atoms with Gasteiger partial charge in [0.2, 0.25) is 0 Å². The zero-order valence-corrected chi connectivity index (χ0v) is 6.95. The molecule has 1 amide bonds. The molecule has 0 saturated heterocycles. The lowest BCUT2D eigenvalue weighted by Gasteiger charge is -1.96. The van der Waals surface area contributed by atoms with Crippen LogP contribution in [0.3, 0.4) is 0 Å². The number of hydrogen-bond donors (Lipinski definition) is 2. The molecule has 2 aromatic heterocycles. The SMILES string of the molecule is NC(=O)Oc1c[nH]c2ncc(F)cc12. The van der Waals surface area contributed by atoms with Gasteiger partial charge in [-0.3, -0.25) is 0 Å². The summed E-state index contributed by atoms with van der Waals surface area (Å²) < 4.78 is 17.4. The van der Waals surface area contributed by atoms with Gasteiger partial charge >= 0.3 is 6.09 Å². The Morgan fingerprint density at radius 1 is 1.64 bits per heavy atom. The second kappa shape index (κ2) is 2.99. The van der Waals surface area contributed by atoms with E-state index in [0.717, 1.165) is 6.20 Å². The summed E-state index contributed by atoms with van der Waals surface area (Å²) >= 11 is 0. The number of nitrogens with two attached hydrogens (primary N) is 1. The van der Waals surface area contributed by atoms with E-state index in [2.05, 4.69) is 14.7 Å². The Kier molecular flexibility index (Phi) is 1.81. The van der Waals surface area contributed by atoms with Crippen LogP contribution in [-0.4, -0.2) is 16.1 Å². The first-order chi connectivity index (χ1) is 6.66. The van der Waals surface area contributed by atoms with E-state index in [4.69, 9.17) is 5.73 Å². The van der Waals surface area contributed by atoms with Crippen molar-refractivity contribution < 1.29 is 13.9 Å². The van der Waals surface area contributed by atoms with Crippen molar-refractivity contribution in [3.63, 3.8) is 0 Å². The van der Waals surface area contributed by atoms with Gasteiger partial charge in [-0.2, -0.15) is 0 Å². The maximum atomic E-state index is 12.8. The van der Waals surface area contributed by atoms with E-state index < -0.39 is 11.9 Å². The fourth-order valence-corrected chi connectivity index (χ4v) is 1.15. The Balaban J connectivity index is 2.55. The third kappa shape index (κ3) is 1.37. The van der Waals surface area contributed by atoms with Crippen LogP contribution in [-0.2, 0) is 0 Å². The Labute approximate surface area is 77.7 Å². The highest BCUT2D eigenvalue weighted by molar-refractivity contribution is 5.85. The van der Waals surface area contributed by atoms with Crippen molar-refractivity contribution in [1.29, 1.82) is 0 Å². The monoisotopic (exact) mass is 195 g/mol. The van der Waals surface area contributed by atoms with E-state index in [0.29, 0.717) is 11.0 Å². The van der Waals surface area contributed by atoms with Crippen molar-refractivity contribution in [3.05, 3.63) is 24.3 Å². The third-order valence-corrected chi connectivity index (χ3v) is 1.67. The average molecular weight is 195 g/mol. The molecule has 0 aliphatic rings. The standard InChI is InChI=1S/C8H6FN3O2/c9-4-1-5-6(14-8(10)13)3-12-7(5)11-2-4/h1-3H,(H2,10,13)(H,11,12). The number of nitrogens with one attached hydrogen (secondary N) is 1. The van der Waals surface area contributed by atoms with Crippen LogP contribution >= 0.6 is 0 Å². The van der Waals surface area contributed by atoms with Crippen LogP contribution in [0.15, 0.2) is 18.5 Å². The molecule has 0 radical (unpaired) electrons. The van der Waals surface area contributed by atoms with E-state index in [1.165, 1.54) is 12.3 Å². The van der Waals surface area contributed by atoms with E-state index >= 15 is 0 Å². The van der Waals surface area contributed by atoms with Gasteiger partial charge in [-0.25, -0.2) is 14.2 Å². The highest BCUT2D eigenvalue weighted by Gasteiger charge is 2.08. The molecule has 0 fully saturated rings. The summed E-state index contributed by atoms with van der Waals surface area (Å²) in [7, 11) is 0. The van der Waals surface area contributed by atoms with Gasteiger partial charge in [0.15, 0.2) is 5.75 Å². The minimum absolute atomic E-state index is 0.166. The molecular formula is C8H6FN3O2.